The predicted molar refractivity (Wildman–Crippen MR) is 59.1 cm³/mol. The highest BCUT2D eigenvalue weighted by Crippen LogP contribution is 2.26. The summed E-state index contributed by atoms with van der Waals surface area (Å²) in [6.45, 7) is 3.67. The van der Waals surface area contributed by atoms with E-state index in [0.29, 0.717) is 10.2 Å². The van der Waals surface area contributed by atoms with Crippen LogP contribution in [0, 0.1) is 13.8 Å². The monoisotopic (exact) mass is 251 g/mol. The van der Waals surface area contributed by atoms with Crippen molar-refractivity contribution in [2.45, 2.75) is 24.1 Å². The molecule has 0 atom stereocenters. The van der Waals surface area contributed by atoms with Gasteiger partial charge in [0, 0.05) is 0 Å². The summed E-state index contributed by atoms with van der Waals surface area (Å²) < 4.78 is 5.36. The van der Waals surface area contributed by atoms with Gasteiger partial charge in [0.2, 0.25) is 0 Å². The summed E-state index contributed by atoms with van der Waals surface area (Å²) in [6, 6.07) is 0. The number of carboxylic acid groups (broad SMARTS) is 1. The number of carbonyl (C=O) groups is 1. The van der Waals surface area contributed by atoms with Crippen molar-refractivity contribution in [1.29, 1.82) is 0 Å². The molecular weight excluding hydrogens is 242 g/mol. The molecule has 6 nitrogen and oxygen atoms in total. The maximum atomic E-state index is 10.6. The average molecular weight is 251 g/mol. The first-order valence-corrected chi connectivity index (χ1v) is 5.55. The summed E-state index contributed by atoms with van der Waals surface area (Å²) in [5, 5.41) is 9.67. The highest BCUT2D eigenvalue weighted by atomic mass is 32.2. The molecule has 17 heavy (non-hydrogen) atoms. The maximum Gasteiger partial charge on any atom is 0.356 e. The Bertz CT molecular complexity index is 531. The van der Waals surface area contributed by atoms with Gasteiger partial charge in [0.15, 0.2) is 5.69 Å². The van der Waals surface area contributed by atoms with Crippen LogP contribution in [0.25, 0.3) is 0 Å². The molecule has 0 fully saturated rings. The SMILES string of the molecule is Cc1nc(Sc2cnc(C(=O)O)cn2)oc1C. The Morgan fingerprint density at radius 1 is 1.35 bits per heavy atom. The molecule has 0 aliphatic heterocycles. The minimum atomic E-state index is -1.10. The van der Waals surface area contributed by atoms with E-state index in [1.54, 1.807) is 0 Å². The number of rotatable bonds is 3. The van der Waals surface area contributed by atoms with E-state index in [-0.39, 0.29) is 5.69 Å². The van der Waals surface area contributed by atoms with Crippen LogP contribution in [-0.4, -0.2) is 26.0 Å². The van der Waals surface area contributed by atoms with Crippen LogP contribution in [0.15, 0.2) is 27.1 Å². The Morgan fingerprint density at radius 2 is 2.12 bits per heavy atom. The van der Waals surface area contributed by atoms with Gasteiger partial charge in [-0.25, -0.2) is 19.7 Å². The molecule has 2 aromatic rings. The van der Waals surface area contributed by atoms with Crippen LogP contribution in [-0.2, 0) is 0 Å². The first kappa shape index (κ1) is 11.6. The second-order valence-corrected chi connectivity index (χ2v) is 4.24. The van der Waals surface area contributed by atoms with Crippen LogP contribution in [0.3, 0.4) is 0 Å². The fourth-order valence-corrected chi connectivity index (χ4v) is 1.79. The van der Waals surface area contributed by atoms with E-state index in [4.69, 9.17) is 9.52 Å². The summed E-state index contributed by atoms with van der Waals surface area (Å²) in [7, 11) is 0. The van der Waals surface area contributed by atoms with Crippen molar-refractivity contribution in [1.82, 2.24) is 15.0 Å². The predicted octanol–water partition coefficient (Wildman–Crippen LogP) is 1.93. The van der Waals surface area contributed by atoms with E-state index in [1.807, 2.05) is 13.8 Å². The zero-order valence-electron chi connectivity index (χ0n) is 9.17. The average Bonchev–Trinajstić information content (AvgIpc) is 2.58. The molecule has 0 saturated carbocycles. The van der Waals surface area contributed by atoms with E-state index < -0.39 is 5.97 Å². The molecule has 2 heterocycles. The highest BCUT2D eigenvalue weighted by Gasteiger charge is 2.10. The normalized spacial score (nSPS) is 10.5. The summed E-state index contributed by atoms with van der Waals surface area (Å²) in [6.07, 6.45) is 2.58. The number of aryl methyl sites for hydroxylation is 2. The van der Waals surface area contributed by atoms with Crippen molar-refractivity contribution in [3.05, 3.63) is 29.5 Å². The zero-order valence-corrected chi connectivity index (χ0v) is 9.98. The number of oxazole rings is 1. The molecule has 0 saturated heterocycles. The lowest BCUT2D eigenvalue weighted by atomic mass is 10.4. The second-order valence-electron chi connectivity index (χ2n) is 3.27. The molecule has 0 aromatic carbocycles. The molecule has 0 amide bonds. The standard InChI is InChI=1S/C10H9N3O3S/c1-5-6(2)16-10(13-5)17-8-4-11-7(3-12-8)9(14)15/h3-4H,1-2H3,(H,14,15). The number of nitrogens with zero attached hydrogens (tertiary/aromatic N) is 3. The van der Waals surface area contributed by atoms with Crippen LogP contribution >= 0.6 is 11.8 Å². The van der Waals surface area contributed by atoms with Gasteiger partial charge in [-0.1, -0.05) is 0 Å². The summed E-state index contributed by atoms with van der Waals surface area (Å²) >= 11 is 1.20. The number of hydrogen-bond donors (Lipinski definition) is 1. The van der Waals surface area contributed by atoms with Crippen molar-refractivity contribution in [3.63, 3.8) is 0 Å². The van der Waals surface area contributed by atoms with E-state index in [9.17, 15) is 4.79 Å². The molecule has 0 aliphatic rings. The maximum absolute atomic E-state index is 10.6. The van der Waals surface area contributed by atoms with Crippen molar-refractivity contribution in [2.75, 3.05) is 0 Å². The van der Waals surface area contributed by atoms with Gasteiger partial charge in [-0.05, 0) is 25.6 Å². The second kappa shape index (κ2) is 4.54. The summed E-state index contributed by atoms with van der Waals surface area (Å²) in [4.78, 5) is 22.5. The van der Waals surface area contributed by atoms with Crippen LogP contribution in [0.5, 0.6) is 0 Å². The van der Waals surface area contributed by atoms with Crippen molar-refractivity contribution in [3.8, 4) is 0 Å². The lowest BCUT2D eigenvalue weighted by Crippen LogP contribution is -2.00. The zero-order chi connectivity index (χ0) is 12.4. The Hall–Kier alpha value is -1.89. The van der Waals surface area contributed by atoms with Crippen LogP contribution in [0.4, 0.5) is 0 Å². The summed E-state index contributed by atoms with van der Waals surface area (Å²) in [5.74, 6) is -0.348. The largest absolute Gasteiger partial charge is 0.476 e. The first-order chi connectivity index (χ1) is 8.06. The Kier molecular flexibility index (Phi) is 3.10. The lowest BCUT2D eigenvalue weighted by molar-refractivity contribution is 0.0689. The topological polar surface area (TPSA) is 89.1 Å². The molecule has 7 heteroatoms. The highest BCUT2D eigenvalue weighted by molar-refractivity contribution is 7.99. The number of hydrogen-bond acceptors (Lipinski definition) is 6. The van der Waals surface area contributed by atoms with E-state index >= 15 is 0 Å². The summed E-state index contributed by atoms with van der Waals surface area (Å²) in [5.41, 5.74) is 0.733. The smallest absolute Gasteiger partial charge is 0.356 e. The third kappa shape index (κ3) is 2.62. The van der Waals surface area contributed by atoms with Gasteiger partial charge in [-0.3, -0.25) is 0 Å². The van der Waals surface area contributed by atoms with Crippen LogP contribution in [0.1, 0.15) is 21.9 Å². The minimum absolute atomic E-state index is 0.0888. The van der Waals surface area contributed by atoms with Crippen molar-refractivity contribution in [2.24, 2.45) is 0 Å². The van der Waals surface area contributed by atoms with Gasteiger partial charge in [-0.15, -0.1) is 0 Å². The molecule has 0 spiro atoms. The van der Waals surface area contributed by atoms with Gasteiger partial charge in [0.1, 0.15) is 10.8 Å². The van der Waals surface area contributed by atoms with Crippen LogP contribution < -0.4 is 0 Å². The molecule has 0 bridgehead atoms. The molecule has 2 aromatic heterocycles. The van der Waals surface area contributed by atoms with E-state index in [2.05, 4.69) is 15.0 Å². The van der Waals surface area contributed by atoms with E-state index in [1.165, 1.54) is 24.2 Å². The van der Waals surface area contributed by atoms with E-state index in [0.717, 1.165) is 11.5 Å². The number of aromatic nitrogens is 3. The third-order valence-corrected chi connectivity index (χ3v) is 2.82. The Morgan fingerprint density at radius 3 is 2.59 bits per heavy atom. The quantitative estimate of drug-likeness (QED) is 0.891. The molecular formula is C10H9N3O3S. The molecule has 0 radical (unpaired) electrons. The molecule has 88 valence electrons. The minimum Gasteiger partial charge on any atom is -0.476 e. The molecule has 2 rings (SSSR count). The van der Waals surface area contributed by atoms with Gasteiger partial charge < -0.3 is 9.52 Å². The first-order valence-electron chi connectivity index (χ1n) is 4.73. The van der Waals surface area contributed by atoms with Crippen molar-refractivity contribution >= 4 is 17.7 Å². The van der Waals surface area contributed by atoms with Gasteiger partial charge in [-0.2, -0.15) is 0 Å². The Balaban J connectivity index is 2.16. The number of aromatic carboxylic acids is 1. The van der Waals surface area contributed by atoms with Gasteiger partial charge in [0.25, 0.3) is 5.22 Å². The fraction of sp³-hybridized carbons (Fsp3) is 0.200. The number of carboxylic acids is 1. The van der Waals surface area contributed by atoms with Crippen molar-refractivity contribution < 1.29 is 14.3 Å². The molecule has 0 aliphatic carbocycles. The Labute approximate surface area is 101 Å². The fourth-order valence-electron chi connectivity index (χ4n) is 1.06. The lowest BCUT2D eigenvalue weighted by Gasteiger charge is -1.96. The molecule has 0 unspecified atom stereocenters. The molecule has 1 N–H and O–H groups in total. The van der Waals surface area contributed by atoms with Crippen LogP contribution in [0.2, 0.25) is 0 Å². The van der Waals surface area contributed by atoms with Gasteiger partial charge >= 0.3 is 5.97 Å². The van der Waals surface area contributed by atoms with Gasteiger partial charge in [0.05, 0.1) is 18.1 Å². The third-order valence-electron chi connectivity index (χ3n) is 2.05.